The maximum absolute atomic E-state index is 13.1. The molecule has 0 saturated carbocycles. The van der Waals surface area contributed by atoms with Gasteiger partial charge in [0.25, 0.3) is 0 Å². The molecule has 624 valence electrons. The topological polar surface area (TPSA) is 237 Å². The molecular weight excluding hydrogens is 1370 g/mol. The number of esters is 4. The molecule has 0 radical (unpaired) electrons. The van der Waals surface area contributed by atoms with Gasteiger partial charge in [0.1, 0.15) is 19.3 Å². The SMILES string of the molecule is CCC(C)CCCCCCCCCCCCCCCCCCCCC(=O)O[C@H](COC(=O)CCCCCCCCCCCCCCCCCCC(C)C)COP(=O)(O)OC[C@@H](O)COP(=O)(O)OC[C@@H](COC(=O)CCCCCCCCC(C)CC)OC(=O)CCCCCCCCCCCCC(C)CC. The molecule has 0 aliphatic heterocycles. The monoisotopic (exact) mass is 1540 g/mol. The smallest absolute Gasteiger partial charge is 0.462 e. The van der Waals surface area contributed by atoms with Gasteiger partial charge in [0, 0.05) is 25.7 Å². The minimum atomic E-state index is -4.97. The van der Waals surface area contributed by atoms with Crippen molar-refractivity contribution in [2.24, 2.45) is 23.7 Å². The van der Waals surface area contributed by atoms with Gasteiger partial charge >= 0.3 is 39.5 Å². The number of aliphatic hydroxyl groups excluding tert-OH is 1. The number of ether oxygens (including phenoxy) is 4. The Morgan fingerprint density at radius 2 is 0.457 bits per heavy atom. The third kappa shape index (κ3) is 75.9. The minimum Gasteiger partial charge on any atom is -0.462 e. The standard InChI is InChI=1S/C86H168O17P2/c1-9-77(6)63-55-47-39-33-27-23-19-14-12-13-15-21-25-29-36-42-52-60-68-85(90)102-81(72-96-83(88)66-58-50-41-35-28-24-20-17-16-18-22-26-32-38-46-54-62-76(4)5)74-100-104(92,93)98-70-80(87)71-99-105(94,95)101-75-82(73-97-84(89)67-59-51-45-44-49-57-65-79(8)11-3)103-86(91)69-61-53-43-37-31-30-34-40-48-56-64-78(7)10-2/h76-82,87H,9-75H2,1-8H3,(H,92,93)(H,94,95)/t77?,78?,79?,80-,81-,82-/m1/s1. The van der Waals surface area contributed by atoms with E-state index < -0.39 is 97.5 Å². The molecule has 0 aliphatic carbocycles. The van der Waals surface area contributed by atoms with Crippen molar-refractivity contribution in [3.05, 3.63) is 0 Å². The Kier molecular flexibility index (Phi) is 73.4. The summed E-state index contributed by atoms with van der Waals surface area (Å²) in [6.45, 7) is 14.4. The normalized spacial score (nSPS) is 14.7. The van der Waals surface area contributed by atoms with Crippen molar-refractivity contribution in [1.82, 2.24) is 0 Å². The van der Waals surface area contributed by atoms with E-state index in [1.807, 2.05) is 0 Å². The number of carbonyl (C=O) groups is 4. The lowest BCUT2D eigenvalue weighted by atomic mass is 9.99. The fourth-order valence-electron chi connectivity index (χ4n) is 13.2. The number of unbranched alkanes of at least 4 members (excludes halogenated alkanes) is 46. The van der Waals surface area contributed by atoms with Gasteiger partial charge in [0.2, 0.25) is 0 Å². The second-order valence-electron chi connectivity index (χ2n) is 32.1. The number of hydrogen-bond donors (Lipinski definition) is 3. The molecule has 0 rings (SSSR count). The van der Waals surface area contributed by atoms with Gasteiger partial charge in [-0.2, -0.15) is 0 Å². The van der Waals surface area contributed by atoms with Crippen LogP contribution in [-0.2, 0) is 65.4 Å². The Labute approximate surface area is 645 Å². The van der Waals surface area contributed by atoms with Crippen molar-refractivity contribution in [1.29, 1.82) is 0 Å². The summed E-state index contributed by atoms with van der Waals surface area (Å²) in [6, 6.07) is 0. The lowest BCUT2D eigenvalue weighted by molar-refractivity contribution is -0.161. The molecule has 0 saturated heterocycles. The zero-order valence-electron chi connectivity index (χ0n) is 69.4. The molecule has 5 unspecified atom stereocenters. The number of aliphatic hydroxyl groups is 1. The van der Waals surface area contributed by atoms with Crippen LogP contribution in [0.1, 0.15) is 447 Å². The van der Waals surface area contributed by atoms with Gasteiger partial charge in [0.15, 0.2) is 12.2 Å². The highest BCUT2D eigenvalue weighted by molar-refractivity contribution is 7.47. The van der Waals surface area contributed by atoms with E-state index in [1.54, 1.807) is 0 Å². The average Bonchev–Trinajstić information content (AvgIpc) is 0.907. The van der Waals surface area contributed by atoms with E-state index in [2.05, 4.69) is 55.4 Å². The second-order valence-corrected chi connectivity index (χ2v) is 35.0. The Morgan fingerprint density at radius 1 is 0.267 bits per heavy atom. The van der Waals surface area contributed by atoms with Crippen molar-refractivity contribution in [3.63, 3.8) is 0 Å². The zero-order valence-corrected chi connectivity index (χ0v) is 71.2. The molecule has 105 heavy (non-hydrogen) atoms. The lowest BCUT2D eigenvalue weighted by Gasteiger charge is -2.21. The number of hydrogen-bond acceptors (Lipinski definition) is 15. The van der Waals surface area contributed by atoms with Crippen LogP contribution in [0.5, 0.6) is 0 Å². The molecule has 0 aromatic rings. The largest absolute Gasteiger partial charge is 0.472 e. The van der Waals surface area contributed by atoms with Crippen LogP contribution < -0.4 is 0 Å². The summed E-state index contributed by atoms with van der Waals surface area (Å²) in [5.74, 6) is 1.11. The second kappa shape index (κ2) is 74.8. The maximum atomic E-state index is 13.1. The molecule has 0 amide bonds. The number of rotatable bonds is 83. The van der Waals surface area contributed by atoms with Gasteiger partial charge in [-0.05, 0) is 49.4 Å². The van der Waals surface area contributed by atoms with E-state index in [0.29, 0.717) is 25.7 Å². The van der Waals surface area contributed by atoms with E-state index in [0.717, 1.165) is 120 Å². The fraction of sp³-hybridized carbons (Fsp3) is 0.953. The molecule has 17 nitrogen and oxygen atoms in total. The summed E-state index contributed by atoms with van der Waals surface area (Å²) in [5, 5.41) is 10.7. The molecule has 0 aromatic heterocycles. The van der Waals surface area contributed by atoms with Crippen LogP contribution in [0.25, 0.3) is 0 Å². The minimum absolute atomic E-state index is 0.105. The van der Waals surface area contributed by atoms with Crippen molar-refractivity contribution in [2.75, 3.05) is 39.6 Å². The van der Waals surface area contributed by atoms with Crippen LogP contribution in [0.15, 0.2) is 0 Å². The zero-order chi connectivity index (χ0) is 77.4. The Hall–Kier alpha value is -1.94. The first-order chi connectivity index (χ1) is 50.7. The van der Waals surface area contributed by atoms with Crippen LogP contribution in [0.2, 0.25) is 0 Å². The van der Waals surface area contributed by atoms with Crippen LogP contribution in [0, 0.1) is 23.7 Å². The van der Waals surface area contributed by atoms with E-state index >= 15 is 0 Å². The molecule has 0 fully saturated rings. The van der Waals surface area contributed by atoms with Gasteiger partial charge in [-0.25, -0.2) is 9.13 Å². The summed E-state index contributed by atoms with van der Waals surface area (Å²) in [4.78, 5) is 73.2. The summed E-state index contributed by atoms with van der Waals surface area (Å²) < 4.78 is 68.9. The molecule has 19 heteroatoms. The quantitative estimate of drug-likeness (QED) is 0.0222. The highest BCUT2D eigenvalue weighted by Crippen LogP contribution is 2.45. The Bertz CT molecular complexity index is 2050. The van der Waals surface area contributed by atoms with E-state index in [4.69, 9.17) is 37.0 Å². The van der Waals surface area contributed by atoms with Crippen LogP contribution >= 0.6 is 15.6 Å². The first-order valence-electron chi connectivity index (χ1n) is 44.3. The third-order valence-electron chi connectivity index (χ3n) is 21.2. The average molecular weight is 1540 g/mol. The van der Waals surface area contributed by atoms with Gasteiger partial charge < -0.3 is 33.8 Å². The van der Waals surface area contributed by atoms with Gasteiger partial charge in [-0.15, -0.1) is 0 Å². The first-order valence-corrected chi connectivity index (χ1v) is 47.3. The molecule has 3 N–H and O–H groups in total. The van der Waals surface area contributed by atoms with Crippen molar-refractivity contribution in [2.45, 2.75) is 465 Å². The highest BCUT2D eigenvalue weighted by atomic mass is 31.2. The molecular formula is C86H168O17P2. The summed E-state index contributed by atoms with van der Waals surface area (Å²) in [5.41, 5.74) is 0. The van der Waals surface area contributed by atoms with Crippen molar-refractivity contribution < 1.29 is 80.2 Å². The van der Waals surface area contributed by atoms with Crippen molar-refractivity contribution in [3.8, 4) is 0 Å². The number of phosphoric ester groups is 2. The predicted octanol–water partition coefficient (Wildman–Crippen LogP) is 25.9. The number of carbonyl (C=O) groups excluding carboxylic acids is 4. The van der Waals surface area contributed by atoms with Crippen LogP contribution in [0.3, 0.4) is 0 Å². The molecule has 0 spiro atoms. The summed E-state index contributed by atoms with van der Waals surface area (Å²) >= 11 is 0. The van der Waals surface area contributed by atoms with E-state index in [9.17, 15) is 43.2 Å². The number of phosphoric acid groups is 2. The first kappa shape index (κ1) is 103. The maximum Gasteiger partial charge on any atom is 0.472 e. The van der Waals surface area contributed by atoms with Crippen molar-refractivity contribution >= 4 is 39.5 Å². The van der Waals surface area contributed by atoms with Crippen LogP contribution in [0.4, 0.5) is 0 Å². The van der Waals surface area contributed by atoms with Gasteiger partial charge in [0.05, 0.1) is 26.4 Å². The van der Waals surface area contributed by atoms with Gasteiger partial charge in [-0.1, -0.05) is 396 Å². The summed E-state index contributed by atoms with van der Waals surface area (Å²) in [6.07, 6.45) is 63.9. The van der Waals surface area contributed by atoms with E-state index in [1.165, 1.54) is 244 Å². The molecule has 8 atom stereocenters. The molecule has 0 aromatic carbocycles. The van der Waals surface area contributed by atoms with Gasteiger partial charge in [-0.3, -0.25) is 37.3 Å². The molecule has 0 aliphatic rings. The lowest BCUT2D eigenvalue weighted by Crippen LogP contribution is -2.30. The third-order valence-corrected chi connectivity index (χ3v) is 23.1. The highest BCUT2D eigenvalue weighted by Gasteiger charge is 2.31. The van der Waals surface area contributed by atoms with Crippen LogP contribution in [-0.4, -0.2) is 96.7 Å². The Balaban J connectivity index is 5.23. The molecule has 0 heterocycles. The molecule has 0 bridgehead atoms. The summed E-state index contributed by atoms with van der Waals surface area (Å²) in [7, 11) is -9.93. The predicted molar refractivity (Wildman–Crippen MR) is 432 cm³/mol. The van der Waals surface area contributed by atoms with E-state index in [-0.39, 0.29) is 25.7 Å². The fourth-order valence-corrected chi connectivity index (χ4v) is 14.8. The Morgan fingerprint density at radius 3 is 0.676 bits per heavy atom.